The number of ether oxygens (including phenoxy) is 1. The molecule has 7 nitrogen and oxygen atoms in total. The number of aryl methyl sites for hydroxylation is 2. The van der Waals surface area contributed by atoms with Crippen molar-refractivity contribution < 1.29 is 4.74 Å². The van der Waals surface area contributed by atoms with E-state index in [1.165, 1.54) is 5.56 Å². The highest BCUT2D eigenvalue weighted by molar-refractivity contribution is 7.98. The normalized spacial score (nSPS) is 11.0. The van der Waals surface area contributed by atoms with Crippen LogP contribution in [0.3, 0.4) is 0 Å². The molecule has 0 bridgehead atoms. The van der Waals surface area contributed by atoms with Crippen molar-refractivity contribution in [3.8, 4) is 17.1 Å². The van der Waals surface area contributed by atoms with E-state index >= 15 is 0 Å². The monoisotopic (exact) mass is 392 g/mol. The van der Waals surface area contributed by atoms with E-state index < -0.39 is 0 Å². The Kier molecular flexibility index (Phi) is 5.12. The maximum atomic E-state index is 5.20. The van der Waals surface area contributed by atoms with Gasteiger partial charge in [0.2, 0.25) is 5.16 Å². The summed E-state index contributed by atoms with van der Waals surface area (Å²) in [5.41, 5.74) is 5.29. The van der Waals surface area contributed by atoms with E-state index in [2.05, 4.69) is 57.9 Å². The lowest BCUT2D eigenvalue weighted by Gasteiger charge is -2.07. The fourth-order valence-corrected chi connectivity index (χ4v) is 3.77. The van der Waals surface area contributed by atoms with E-state index in [0.717, 1.165) is 39.4 Å². The first-order chi connectivity index (χ1) is 13.6. The smallest absolute Gasteiger partial charge is 0.214 e. The molecule has 142 valence electrons. The number of hydrogen-bond acceptors (Lipinski definition) is 6. The zero-order chi connectivity index (χ0) is 19.5. The van der Waals surface area contributed by atoms with Crippen LogP contribution in [0.15, 0.2) is 59.8 Å². The van der Waals surface area contributed by atoms with Gasteiger partial charge in [-0.3, -0.25) is 0 Å². The lowest BCUT2D eigenvalue weighted by molar-refractivity contribution is 0.414. The van der Waals surface area contributed by atoms with Crippen molar-refractivity contribution in [2.75, 3.05) is 7.11 Å². The van der Waals surface area contributed by atoms with Gasteiger partial charge in [-0.15, -0.1) is 5.10 Å². The first kappa shape index (κ1) is 18.2. The summed E-state index contributed by atoms with van der Waals surface area (Å²) in [4.78, 5) is 0. The van der Waals surface area contributed by atoms with E-state index in [0.29, 0.717) is 0 Å². The summed E-state index contributed by atoms with van der Waals surface area (Å²) >= 11 is 1.59. The van der Waals surface area contributed by atoms with Gasteiger partial charge in [0.1, 0.15) is 5.75 Å². The fourth-order valence-electron chi connectivity index (χ4n) is 2.93. The summed E-state index contributed by atoms with van der Waals surface area (Å²) < 4.78 is 8.89. The second kappa shape index (κ2) is 7.85. The number of thioether (sulfide) groups is 1. The van der Waals surface area contributed by atoms with Gasteiger partial charge >= 0.3 is 0 Å². The van der Waals surface area contributed by atoms with Crippen molar-refractivity contribution >= 4 is 11.8 Å². The maximum absolute atomic E-state index is 5.20. The molecule has 0 amide bonds. The number of rotatable bonds is 6. The molecule has 0 aliphatic heterocycles. The van der Waals surface area contributed by atoms with Crippen LogP contribution in [-0.2, 0) is 5.75 Å². The quantitative estimate of drug-likeness (QED) is 0.465. The average molecular weight is 392 g/mol. The van der Waals surface area contributed by atoms with Crippen molar-refractivity contribution in [3.05, 3.63) is 71.5 Å². The fraction of sp³-hybridized carbons (Fsp3) is 0.200. The van der Waals surface area contributed by atoms with Crippen molar-refractivity contribution in [2.45, 2.75) is 24.8 Å². The SMILES string of the molecule is COc1ccc(-n2nnnc2SCc2ccc(-n3nc(C)cc3C)cc2)cc1. The van der Waals surface area contributed by atoms with Crippen LogP contribution in [0.25, 0.3) is 11.4 Å². The summed E-state index contributed by atoms with van der Waals surface area (Å²) in [7, 11) is 1.65. The van der Waals surface area contributed by atoms with Gasteiger partial charge in [-0.2, -0.15) is 9.78 Å². The Morgan fingerprint density at radius 2 is 1.61 bits per heavy atom. The second-order valence-electron chi connectivity index (χ2n) is 6.37. The standard InChI is InChI=1S/C20H20N6OS/c1-14-12-15(2)25(22-14)17-6-4-16(5-7-17)13-28-20-21-23-24-26(20)18-8-10-19(27-3)11-9-18/h4-12H,13H2,1-3H3. The lowest BCUT2D eigenvalue weighted by Crippen LogP contribution is -2.00. The van der Waals surface area contributed by atoms with Crippen LogP contribution in [0.2, 0.25) is 0 Å². The molecule has 2 aromatic carbocycles. The van der Waals surface area contributed by atoms with Gasteiger partial charge in [0.25, 0.3) is 0 Å². The molecule has 0 aliphatic rings. The predicted molar refractivity (Wildman–Crippen MR) is 108 cm³/mol. The van der Waals surface area contributed by atoms with Gasteiger partial charge in [-0.1, -0.05) is 23.9 Å². The van der Waals surface area contributed by atoms with Crippen LogP contribution in [0.5, 0.6) is 5.75 Å². The van der Waals surface area contributed by atoms with Crippen LogP contribution < -0.4 is 4.74 Å². The minimum absolute atomic E-state index is 0.743. The van der Waals surface area contributed by atoms with Crippen LogP contribution in [-0.4, -0.2) is 37.1 Å². The molecule has 0 atom stereocenters. The molecule has 4 aromatic rings. The molecule has 0 unspecified atom stereocenters. The molecule has 0 fully saturated rings. The number of nitrogens with zero attached hydrogens (tertiary/aromatic N) is 6. The average Bonchev–Trinajstić information content (AvgIpc) is 3.32. The van der Waals surface area contributed by atoms with E-state index in [1.54, 1.807) is 23.6 Å². The highest BCUT2D eigenvalue weighted by Crippen LogP contribution is 2.24. The summed E-state index contributed by atoms with van der Waals surface area (Å²) in [5.74, 6) is 1.57. The lowest BCUT2D eigenvalue weighted by atomic mass is 10.2. The minimum atomic E-state index is 0.743. The Morgan fingerprint density at radius 3 is 2.25 bits per heavy atom. The van der Waals surface area contributed by atoms with Gasteiger partial charge < -0.3 is 4.74 Å². The zero-order valence-corrected chi connectivity index (χ0v) is 16.7. The Hall–Kier alpha value is -3.13. The molecule has 0 radical (unpaired) electrons. The molecule has 2 aromatic heterocycles. The van der Waals surface area contributed by atoms with E-state index in [1.807, 2.05) is 35.9 Å². The molecule has 0 N–H and O–H groups in total. The molecule has 4 rings (SSSR count). The number of aromatic nitrogens is 6. The highest BCUT2D eigenvalue weighted by Gasteiger charge is 2.10. The third-order valence-corrected chi connectivity index (χ3v) is 5.31. The Labute approximate surface area is 167 Å². The molecule has 28 heavy (non-hydrogen) atoms. The summed E-state index contributed by atoms with van der Waals surface area (Å²) in [6.07, 6.45) is 0. The van der Waals surface area contributed by atoms with Gasteiger partial charge in [-0.05, 0) is 72.3 Å². The molecule has 0 saturated carbocycles. The van der Waals surface area contributed by atoms with E-state index in [9.17, 15) is 0 Å². The van der Waals surface area contributed by atoms with Crippen LogP contribution in [0.4, 0.5) is 0 Å². The van der Waals surface area contributed by atoms with E-state index in [-0.39, 0.29) is 0 Å². The summed E-state index contributed by atoms with van der Waals surface area (Å²) in [5, 5.41) is 17.3. The minimum Gasteiger partial charge on any atom is -0.497 e. The number of methoxy groups -OCH3 is 1. The Morgan fingerprint density at radius 1 is 0.929 bits per heavy atom. The Balaban J connectivity index is 1.46. The third kappa shape index (κ3) is 3.77. The van der Waals surface area contributed by atoms with Crippen molar-refractivity contribution in [1.29, 1.82) is 0 Å². The molecular weight excluding hydrogens is 372 g/mol. The second-order valence-corrected chi connectivity index (χ2v) is 7.31. The molecule has 8 heteroatoms. The van der Waals surface area contributed by atoms with E-state index in [4.69, 9.17) is 4.74 Å². The predicted octanol–water partition coefficient (Wildman–Crippen LogP) is 3.77. The van der Waals surface area contributed by atoms with Crippen LogP contribution in [0, 0.1) is 13.8 Å². The number of benzene rings is 2. The zero-order valence-electron chi connectivity index (χ0n) is 15.9. The van der Waals surface area contributed by atoms with Crippen LogP contribution in [0.1, 0.15) is 17.0 Å². The topological polar surface area (TPSA) is 70.7 Å². The first-order valence-electron chi connectivity index (χ1n) is 8.82. The number of tetrazole rings is 1. The molecule has 0 spiro atoms. The first-order valence-corrected chi connectivity index (χ1v) is 9.81. The van der Waals surface area contributed by atoms with Crippen LogP contribution >= 0.6 is 11.8 Å². The van der Waals surface area contributed by atoms with Gasteiger partial charge in [-0.25, -0.2) is 4.68 Å². The summed E-state index contributed by atoms with van der Waals surface area (Å²) in [6.45, 7) is 4.06. The van der Waals surface area contributed by atoms with Crippen molar-refractivity contribution in [2.24, 2.45) is 0 Å². The van der Waals surface area contributed by atoms with Crippen molar-refractivity contribution in [3.63, 3.8) is 0 Å². The largest absolute Gasteiger partial charge is 0.497 e. The third-order valence-electron chi connectivity index (χ3n) is 4.32. The highest BCUT2D eigenvalue weighted by atomic mass is 32.2. The molecule has 0 aliphatic carbocycles. The molecular formula is C20H20N6OS. The molecule has 0 saturated heterocycles. The molecule has 2 heterocycles. The maximum Gasteiger partial charge on any atom is 0.214 e. The number of hydrogen-bond donors (Lipinski definition) is 0. The summed E-state index contributed by atoms with van der Waals surface area (Å²) in [6, 6.07) is 18.1. The van der Waals surface area contributed by atoms with Gasteiger partial charge in [0.15, 0.2) is 0 Å². The van der Waals surface area contributed by atoms with Gasteiger partial charge in [0, 0.05) is 11.4 Å². The van der Waals surface area contributed by atoms with Crippen molar-refractivity contribution in [1.82, 2.24) is 30.0 Å². The van der Waals surface area contributed by atoms with Gasteiger partial charge in [0.05, 0.1) is 24.2 Å². The Bertz CT molecular complexity index is 1070.